The lowest BCUT2D eigenvalue weighted by atomic mass is 10.2. The predicted octanol–water partition coefficient (Wildman–Crippen LogP) is 4.89. The number of halogens is 2. The number of hydrogen-bond acceptors (Lipinski definition) is 3. The number of pyridine rings is 1. The van der Waals surface area contributed by atoms with Crippen molar-refractivity contribution in [3.63, 3.8) is 0 Å². The third kappa shape index (κ3) is 4.39. The van der Waals surface area contributed by atoms with Gasteiger partial charge in [-0.1, -0.05) is 41.4 Å². The number of anilines is 2. The second-order valence-corrected chi connectivity index (χ2v) is 6.15. The van der Waals surface area contributed by atoms with Gasteiger partial charge in [0, 0.05) is 23.1 Å². The molecule has 0 aliphatic heterocycles. The Morgan fingerprint density at radius 3 is 2.23 bits per heavy atom. The molecule has 3 aromatic rings. The van der Waals surface area contributed by atoms with Gasteiger partial charge in [-0.2, -0.15) is 0 Å². The van der Waals surface area contributed by atoms with Crippen molar-refractivity contribution in [1.29, 1.82) is 0 Å². The number of aromatic nitrogens is 1. The third-order valence-electron chi connectivity index (χ3n) is 3.46. The summed E-state index contributed by atoms with van der Waals surface area (Å²) in [6, 6.07) is 16.7. The Bertz CT molecular complexity index is 962. The van der Waals surface area contributed by atoms with Crippen LogP contribution in [-0.2, 0) is 0 Å². The molecule has 5 nitrogen and oxygen atoms in total. The van der Waals surface area contributed by atoms with Crippen molar-refractivity contribution >= 4 is 46.4 Å². The van der Waals surface area contributed by atoms with Crippen LogP contribution in [0, 0.1) is 0 Å². The number of rotatable bonds is 4. The molecule has 0 aliphatic rings. The third-order valence-corrected chi connectivity index (χ3v) is 4.20. The van der Waals surface area contributed by atoms with E-state index < -0.39 is 5.91 Å². The van der Waals surface area contributed by atoms with E-state index in [-0.39, 0.29) is 11.6 Å². The maximum Gasteiger partial charge on any atom is 0.274 e. The summed E-state index contributed by atoms with van der Waals surface area (Å²) >= 11 is 11.8. The molecule has 0 radical (unpaired) electrons. The van der Waals surface area contributed by atoms with Gasteiger partial charge in [-0.25, -0.2) is 0 Å². The van der Waals surface area contributed by atoms with Crippen LogP contribution in [0.15, 0.2) is 66.9 Å². The van der Waals surface area contributed by atoms with Gasteiger partial charge in [-0.15, -0.1) is 0 Å². The van der Waals surface area contributed by atoms with E-state index in [0.29, 0.717) is 27.0 Å². The largest absolute Gasteiger partial charge is 0.322 e. The topological polar surface area (TPSA) is 71.1 Å². The van der Waals surface area contributed by atoms with E-state index in [1.165, 1.54) is 18.3 Å². The van der Waals surface area contributed by atoms with Crippen LogP contribution in [0.5, 0.6) is 0 Å². The summed E-state index contributed by atoms with van der Waals surface area (Å²) in [7, 11) is 0. The fourth-order valence-corrected chi connectivity index (χ4v) is 2.49. The summed E-state index contributed by atoms with van der Waals surface area (Å²) in [5, 5.41) is 6.16. The van der Waals surface area contributed by atoms with Crippen LogP contribution in [0.3, 0.4) is 0 Å². The average molecular weight is 386 g/mol. The van der Waals surface area contributed by atoms with Crippen molar-refractivity contribution < 1.29 is 9.59 Å². The van der Waals surface area contributed by atoms with Crippen molar-refractivity contribution in [2.24, 2.45) is 0 Å². The Labute approximate surface area is 160 Å². The number of carbonyl (C=O) groups is 2. The van der Waals surface area contributed by atoms with Crippen LogP contribution in [-0.4, -0.2) is 16.8 Å². The second-order valence-electron chi connectivity index (χ2n) is 5.33. The molecule has 26 heavy (non-hydrogen) atoms. The first kappa shape index (κ1) is 17.9. The summed E-state index contributed by atoms with van der Waals surface area (Å²) in [6.07, 6.45) is 1.41. The van der Waals surface area contributed by atoms with Gasteiger partial charge >= 0.3 is 0 Å². The molecule has 0 unspecified atom stereocenters. The van der Waals surface area contributed by atoms with E-state index in [4.69, 9.17) is 23.2 Å². The van der Waals surface area contributed by atoms with E-state index in [1.54, 1.807) is 30.3 Å². The Hall–Kier alpha value is -2.89. The minimum Gasteiger partial charge on any atom is -0.322 e. The highest BCUT2D eigenvalue weighted by molar-refractivity contribution is 6.42. The first-order valence-electron chi connectivity index (χ1n) is 7.62. The lowest BCUT2D eigenvalue weighted by Gasteiger charge is -2.08. The molecule has 0 saturated heterocycles. The summed E-state index contributed by atoms with van der Waals surface area (Å²) in [5.74, 6) is -0.792. The highest BCUT2D eigenvalue weighted by Gasteiger charge is 2.13. The number of para-hydroxylation sites is 1. The number of hydrogen-bond donors (Lipinski definition) is 2. The monoisotopic (exact) mass is 385 g/mol. The molecule has 0 spiro atoms. The van der Waals surface area contributed by atoms with Crippen molar-refractivity contribution in [3.05, 3.63) is 88.2 Å². The quantitative estimate of drug-likeness (QED) is 0.671. The molecule has 1 aromatic heterocycles. The molecular formula is C19H13Cl2N3O2. The van der Waals surface area contributed by atoms with Crippen LogP contribution >= 0.6 is 23.2 Å². The van der Waals surface area contributed by atoms with E-state index in [0.717, 1.165) is 0 Å². The van der Waals surface area contributed by atoms with Gasteiger partial charge in [-0.3, -0.25) is 14.6 Å². The molecule has 0 aliphatic carbocycles. The lowest BCUT2D eigenvalue weighted by Crippen LogP contribution is -2.17. The Morgan fingerprint density at radius 1 is 0.769 bits per heavy atom. The zero-order valence-corrected chi connectivity index (χ0v) is 14.9. The van der Waals surface area contributed by atoms with Crippen LogP contribution in [0.25, 0.3) is 0 Å². The zero-order chi connectivity index (χ0) is 18.5. The van der Waals surface area contributed by atoms with Crippen molar-refractivity contribution in [3.8, 4) is 0 Å². The highest BCUT2D eigenvalue weighted by atomic mass is 35.5. The first-order valence-corrected chi connectivity index (χ1v) is 8.37. The van der Waals surface area contributed by atoms with E-state index in [1.807, 2.05) is 18.2 Å². The van der Waals surface area contributed by atoms with Crippen LogP contribution in [0.1, 0.15) is 20.8 Å². The molecule has 0 bridgehead atoms. The van der Waals surface area contributed by atoms with Crippen LogP contribution in [0.4, 0.5) is 11.4 Å². The number of benzene rings is 2. The Morgan fingerprint density at radius 2 is 1.50 bits per heavy atom. The van der Waals surface area contributed by atoms with Gasteiger partial charge in [0.15, 0.2) is 0 Å². The van der Waals surface area contributed by atoms with Gasteiger partial charge in [0.25, 0.3) is 11.8 Å². The number of amides is 2. The van der Waals surface area contributed by atoms with Crippen molar-refractivity contribution in [2.45, 2.75) is 0 Å². The molecule has 7 heteroatoms. The van der Waals surface area contributed by atoms with Crippen molar-refractivity contribution in [1.82, 2.24) is 4.98 Å². The average Bonchev–Trinajstić information content (AvgIpc) is 2.65. The van der Waals surface area contributed by atoms with Gasteiger partial charge in [-0.05, 0) is 42.5 Å². The molecule has 1 heterocycles. The fourth-order valence-electron chi connectivity index (χ4n) is 2.19. The molecule has 0 saturated carbocycles. The summed E-state index contributed by atoms with van der Waals surface area (Å²) in [5.41, 5.74) is 1.57. The van der Waals surface area contributed by atoms with E-state index >= 15 is 0 Å². The Kier molecular flexibility index (Phi) is 5.51. The fraction of sp³-hybridized carbons (Fsp3) is 0. The van der Waals surface area contributed by atoms with Crippen LogP contribution in [0.2, 0.25) is 10.0 Å². The summed E-state index contributed by atoms with van der Waals surface area (Å²) < 4.78 is 0. The van der Waals surface area contributed by atoms with E-state index in [2.05, 4.69) is 15.6 Å². The Balaban J connectivity index is 1.74. The molecule has 3 rings (SSSR count). The van der Waals surface area contributed by atoms with Gasteiger partial charge in [0.1, 0.15) is 5.69 Å². The normalized spacial score (nSPS) is 10.2. The number of nitrogens with one attached hydrogen (secondary N) is 2. The maximum atomic E-state index is 12.4. The van der Waals surface area contributed by atoms with Crippen molar-refractivity contribution in [2.75, 3.05) is 10.6 Å². The summed E-state index contributed by atoms with van der Waals surface area (Å²) in [6.45, 7) is 0. The number of nitrogens with zero attached hydrogens (tertiary/aromatic N) is 1. The minimum absolute atomic E-state index is 0.135. The maximum absolute atomic E-state index is 12.4. The second kappa shape index (κ2) is 7.99. The molecular weight excluding hydrogens is 373 g/mol. The van der Waals surface area contributed by atoms with Gasteiger partial charge in [0.2, 0.25) is 0 Å². The molecule has 2 N–H and O–H groups in total. The smallest absolute Gasteiger partial charge is 0.274 e. The zero-order valence-electron chi connectivity index (χ0n) is 13.4. The first-order chi connectivity index (χ1) is 12.5. The van der Waals surface area contributed by atoms with E-state index in [9.17, 15) is 9.59 Å². The molecule has 130 valence electrons. The van der Waals surface area contributed by atoms with Gasteiger partial charge < -0.3 is 10.6 Å². The standard InChI is InChI=1S/C19H13Cl2N3O2/c20-15-7-6-14(11-16(15)21)24-18(25)12-8-9-22-17(10-12)19(26)23-13-4-2-1-3-5-13/h1-11H,(H,23,26)(H,24,25). The molecule has 2 amide bonds. The van der Waals surface area contributed by atoms with Crippen LogP contribution < -0.4 is 10.6 Å². The molecule has 2 aromatic carbocycles. The number of carbonyl (C=O) groups excluding carboxylic acids is 2. The molecule has 0 fully saturated rings. The SMILES string of the molecule is O=C(Nc1ccc(Cl)c(Cl)c1)c1ccnc(C(=O)Nc2ccccc2)c1. The summed E-state index contributed by atoms with van der Waals surface area (Å²) in [4.78, 5) is 28.7. The molecule has 0 atom stereocenters. The lowest BCUT2D eigenvalue weighted by molar-refractivity contribution is 0.102. The minimum atomic E-state index is -0.402. The van der Waals surface area contributed by atoms with Gasteiger partial charge in [0.05, 0.1) is 10.0 Å². The highest BCUT2D eigenvalue weighted by Crippen LogP contribution is 2.25. The predicted molar refractivity (Wildman–Crippen MR) is 103 cm³/mol.